The number of amides is 2. The Bertz CT molecular complexity index is 610. The molecule has 2 amide bonds. The second-order valence-electron chi connectivity index (χ2n) is 6.39. The molecule has 1 aromatic rings. The zero-order valence-corrected chi connectivity index (χ0v) is 13.9. The summed E-state index contributed by atoms with van der Waals surface area (Å²) in [5.41, 5.74) is 0.0552. The minimum Gasteiger partial charge on any atom is -0.341 e. The van der Waals surface area contributed by atoms with Crippen molar-refractivity contribution in [2.45, 2.75) is 25.8 Å². The van der Waals surface area contributed by atoms with Crippen LogP contribution in [0.1, 0.15) is 30.1 Å². The highest BCUT2D eigenvalue weighted by molar-refractivity contribution is 5.94. The first-order chi connectivity index (χ1) is 11.6. The number of aromatic nitrogens is 1. The summed E-state index contributed by atoms with van der Waals surface area (Å²) in [7, 11) is 0. The van der Waals surface area contributed by atoms with Crippen LogP contribution in [-0.4, -0.2) is 76.8 Å². The molecule has 2 aliphatic heterocycles. The summed E-state index contributed by atoms with van der Waals surface area (Å²) < 4.78 is 13.7. The third-order valence-electron chi connectivity index (χ3n) is 4.93. The lowest BCUT2D eigenvalue weighted by Gasteiger charge is -2.38. The van der Waals surface area contributed by atoms with E-state index in [1.165, 1.54) is 12.3 Å². The number of nitrogens with zero attached hydrogens (tertiary/aromatic N) is 4. The van der Waals surface area contributed by atoms with Crippen LogP contribution >= 0.6 is 0 Å². The summed E-state index contributed by atoms with van der Waals surface area (Å²) in [5.74, 6) is -0.733. The summed E-state index contributed by atoms with van der Waals surface area (Å²) in [5, 5.41) is 0. The molecule has 1 aromatic heterocycles. The highest BCUT2D eigenvalue weighted by Crippen LogP contribution is 2.16. The lowest BCUT2D eigenvalue weighted by molar-refractivity contribution is -0.135. The Kier molecular flexibility index (Phi) is 5.08. The van der Waals surface area contributed by atoms with E-state index in [2.05, 4.69) is 9.88 Å². The van der Waals surface area contributed by atoms with Gasteiger partial charge in [0.2, 0.25) is 5.91 Å². The first kappa shape index (κ1) is 16.8. The van der Waals surface area contributed by atoms with Crippen LogP contribution in [0.5, 0.6) is 0 Å². The number of pyridine rings is 1. The van der Waals surface area contributed by atoms with Crippen LogP contribution in [0.25, 0.3) is 0 Å². The minimum atomic E-state index is -0.595. The first-order valence-electron chi connectivity index (χ1n) is 8.49. The van der Waals surface area contributed by atoms with Crippen molar-refractivity contribution in [3.8, 4) is 0 Å². The van der Waals surface area contributed by atoms with Crippen molar-refractivity contribution in [2.24, 2.45) is 0 Å². The van der Waals surface area contributed by atoms with E-state index >= 15 is 0 Å². The third kappa shape index (κ3) is 3.40. The number of hydrogen-bond acceptors (Lipinski definition) is 4. The molecule has 0 saturated carbocycles. The fourth-order valence-electron chi connectivity index (χ4n) is 3.39. The van der Waals surface area contributed by atoms with Crippen LogP contribution in [0.4, 0.5) is 4.39 Å². The number of hydrogen-bond donors (Lipinski definition) is 0. The molecular weight excluding hydrogens is 311 g/mol. The monoisotopic (exact) mass is 334 g/mol. The number of likely N-dealkylation sites (tertiary alicyclic amines) is 1. The Morgan fingerprint density at radius 1 is 1.08 bits per heavy atom. The van der Waals surface area contributed by atoms with E-state index in [1.807, 2.05) is 11.8 Å². The molecule has 7 heteroatoms. The molecule has 0 N–H and O–H groups in total. The van der Waals surface area contributed by atoms with Gasteiger partial charge in [-0.15, -0.1) is 0 Å². The summed E-state index contributed by atoms with van der Waals surface area (Å²) in [6.07, 6.45) is 4.64. The van der Waals surface area contributed by atoms with Gasteiger partial charge in [0, 0.05) is 45.5 Å². The molecule has 0 radical (unpaired) electrons. The highest BCUT2D eigenvalue weighted by Gasteiger charge is 2.31. The van der Waals surface area contributed by atoms with E-state index in [-0.39, 0.29) is 23.4 Å². The van der Waals surface area contributed by atoms with Crippen molar-refractivity contribution in [3.05, 3.63) is 29.8 Å². The molecule has 0 spiro atoms. The van der Waals surface area contributed by atoms with Crippen LogP contribution in [0.2, 0.25) is 0 Å². The first-order valence-corrected chi connectivity index (χ1v) is 8.49. The molecule has 6 nitrogen and oxygen atoms in total. The molecule has 2 aliphatic rings. The topological polar surface area (TPSA) is 56.8 Å². The average Bonchev–Trinajstić information content (AvgIpc) is 3.15. The Balaban J connectivity index is 1.56. The van der Waals surface area contributed by atoms with Crippen molar-refractivity contribution in [1.82, 2.24) is 19.7 Å². The van der Waals surface area contributed by atoms with Crippen molar-refractivity contribution >= 4 is 11.8 Å². The Morgan fingerprint density at radius 3 is 2.38 bits per heavy atom. The normalized spacial score (nSPS) is 20.2. The van der Waals surface area contributed by atoms with Gasteiger partial charge in [0.1, 0.15) is 0 Å². The minimum absolute atomic E-state index is 0.0552. The van der Waals surface area contributed by atoms with E-state index in [4.69, 9.17) is 0 Å². The van der Waals surface area contributed by atoms with Gasteiger partial charge < -0.3 is 9.80 Å². The molecule has 0 bridgehead atoms. The summed E-state index contributed by atoms with van der Waals surface area (Å²) >= 11 is 0. The van der Waals surface area contributed by atoms with E-state index in [0.29, 0.717) is 26.2 Å². The van der Waals surface area contributed by atoms with Gasteiger partial charge in [0.25, 0.3) is 5.91 Å². The van der Waals surface area contributed by atoms with Crippen molar-refractivity contribution in [3.63, 3.8) is 0 Å². The van der Waals surface area contributed by atoms with E-state index in [9.17, 15) is 14.0 Å². The van der Waals surface area contributed by atoms with E-state index in [0.717, 1.165) is 32.1 Å². The second-order valence-corrected chi connectivity index (χ2v) is 6.39. The molecule has 0 aliphatic carbocycles. The molecule has 130 valence electrons. The fraction of sp³-hybridized carbons (Fsp3) is 0.588. The molecule has 2 saturated heterocycles. The van der Waals surface area contributed by atoms with Gasteiger partial charge in [0.05, 0.1) is 17.8 Å². The maximum atomic E-state index is 13.7. The van der Waals surface area contributed by atoms with Crippen LogP contribution in [0.3, 0.4) is 0 Å². The predicted octanol–water partition coefficient (Wildman–Crippen LogP) is 0.989. The van der Waals surface area contributed by atoms with Crippen molar-refractivity contribution in [2.75, 3.05) is 39.3 Å². The summed E-state index contributed by atoms with van der Waals surface area (Å²) in [6.45, 7) is 5.88. The van der Waals surface area contributed by atoms with Crippen molar-refractivity contribution < 1.29 is 14.0 Å². The van der Waals surface area contributed by atoms with Gasteiger partial charge in [-0.3, -0.25) is 19.5 Å². The molecule has 0 aromatic carbocycles. The third-order valence-corrected chi connectivity index (χ3v) is 4.93. The quantitative estimate of drug-likeness (QED) is 0.827. The van der Waals surface area contributed by atoms with Crippen LogP contribution in [0.15, 0.2) is 18.5 Å². The molecule has 24 heavy (non-hydrogen) atoms. The summed E-state index contributed by atoms with van der Waals surface area (Å²) in [4.78, 5) is 34.2. The van der Waals surface area contributed by atoms with Gasteiger partial charge in [-0.05, 0) is 25.8 Å². The maximum Gasteiger partial charge on any atom is 0.257 e. The standard InChI is InChI=1S/C17H23FN4O2/c1-13(16(23)21-6-2-3-7-21)20-8-10-22(11-9-20)17(24)14-4-5-19-12-15(14)18/h4-5,12-13H,2-3,6-11H2,1H3. The molecule has 2 fully saturated rings. The largest absolute Gasteiger partial charge is 0.341 e. The number of halogens is 1. The molecular formula is C17H23FN4O2. The fourth-order valence-corrected chi connectivity index (χ4v) is 3.39. The Labute approximate surface area is 141 Å². The Hall–Kier alpha value is -2.02. The summed E-state index contributed by atoms with van der Waals surface area (Å²) in [6, 6.07) is 1.24. The lowest BCUT2D eigenvalue weighted by Crippen LogP contribution is -2.55. The van der Waals surface area contributed by atoms with E-state index < -0.39 is 5.82 Å². The van der Waals surface area contributed by atoms with Gasteiger partial charge in [-0.2, -0.15) is 0 Å². The molecule has 3 heterocycles. The maximum absolute atomic E-state index is 13.7. The SMILES string of the molecule is CC(C(=O)N1CCCC1)N1CCN(C(=O)c2ccncc2F)CC1. The molecule has 3 rings (SSSR count). The van der Waals surface area contributed by atoms with Gasteiger partial charge in [0.15, 0.2) is 5.82 Å². The molecule has 1 unspecified atom stereocenters. The van der Waals surface area contributed by atoms with E-state index in [1.54, 1.807) is 4.90 Å². The number of piperazine rings is 1. The van der Waals surface area contributed by atoms with Crippen LogP contribution in [-0.2, 0) is 4.79 Å². The van der Waals surface area contributed by atoms with Crippen molar-refractivity contribution in [1.29, 1.82) is 0 Å². The van der Waals surface area contributed by atoms with Gasteiger partial charge >= 0.3 is 0 Å². The second kappa shape index (κ2) is 7.25. The van der Waals surface area contributed by atoms with Crippen LogP contribution in [0, 0.1) is 5.82 Å². The highest BCUT2D eigenvalue weighted by atomic mass is 19.1. The Morgan fingerprint density at radius 2 is 1.75 bits per heavy atom. The zero-order valence-electron chi connectivity index (χ0n) is 13.9. The predicted molar refractivity (Wildman–Crippen MR) is 86.9 cm³/mol. The van der Waals surface area contributed by atoms with Crippen LogP contribution < -0.4 is 0 Å². The number of carbonyl (C=O) groups excluding carboxylic acids is 2. The van der Waals surface area contributed by atoms with Gasteiger partial charge in [-0.1, -0.05) is 0 Å². The number of rotatable bonds is 3. The average molecular weight is 334 g/mol. The smallest absolute Gasteiger partial charge is 0.257 e. The molecule has 1 atom stereocenters. The van der Waals surface area contributed by atoms with Gasteiger partial charge in [-0.25, -0.2) is 4.39 Å². The lowest BCUT2D eigenvalue weighted by atomic mass is 10.1. The zero-order chi connectivity index (χ0) is 17.1. The number of carbonyl (C=O) groups is 2.